The Morgan fingerprint density at radius 2 is 1.62 bits per heavy atom. The van der Waals surface area contributed by atoms with Gasteiger partial charge in [0.25, 0.3) is 0 Å². The summed E-state index contributed by atoms with van der Waals surface area (Å²) >= 11 is 0. The molecule has 0 amide bonds. The van der Waals surface area contributed by atoms with Crippen LogP contribution in [0.3, 0.4) is 0 Å². The molecule has 2 aromatic rings. The number of ether oxygens (including phenoxy) is 4. The number of hydrogen-bond acceptors (Lipinski definition) is 6. The Hall–Kier alpha value is -2.89. The molecule has 1 spiro atoms. The van der Waals surface area contributed by atoms with Gasteiger partial charge in [-0.15, -0.1) is 0 Å². The van der Waals surface area contributed by atoms with E-state index in [9.17, 15) is 9.90 Å². The fourth-order valence-electron chi connectivity index (χ4n) is 6.91. The van der Waals surface area contributed by atoms with Gasteiger partial charge >= 0.3 is 0 Å². The topological polar surface area (TPSA) is 77.0 Å². The van der Waals surface area contributed by atoms with Gasteiger partial charge in [-0.25, -0.2) is 0 Å². The predicted molar refractivity (Wildman–Crippen MR) is 126 cm³/mol. The Morgan fingerprint density at radius 1 is 0.941 bits per heavy atom. The largest absolute Gasteiger partial charge is 0.546 e. The molecule has 182 valence electrons. The Morgan fingerprint density at radius 3 is 2.32 bits per heavy atom. The van der Waals surface area contributed by atoms with Crippen LogP contribution in [-0.2, 0) is 15.8 Å². The van der Waals surface area contributed by atoms with E-state index in [2.05, 4.69) is 12.1 Å². The molecule has 0 N–H and O–H groups in total. The molecule has 2 aliphatic carbocycles. The lowest BCUT2D eigenvalue weighted by molar-refractivity contribution is -0.307. The summed E-state index contributed by atoms with van der Waals surface area (Å²) in [5.74, 6) is 1.78. The maximum Gasteiger partial charge on any atom is 0.141 e. The van der Waals surface area contributed by atoms with Crippen molar-refractivity contribution >= 4 is 5.97 Å². The quantitative estimate of drug-likeness (QED) is 0.625. The van der Waals surface area contributed by atoms with Gasteiger partial charge in [0.1, 0.15) is 35.2 Å². The number of carboxylic acids is 1. The summed E-state index contributed by atoms with van der Waals surface area (Å²) in [5.41, 5.74) is 1.60. The zero-order valence-corrected chi connectivity index (χ0v) is 20.1. The minimum Gasteiger partial charge on any atom is -0.546 e. The molecule has 34 heavy (non-hydrogen) atoms. The Labute approximate surface area is 201 Å². The van der Waals surface area contributed by atoms with Gasteiger partial charge in [0.2, 0.25) is 0 Å². The van der Waals surface area contributed by atoms with Crippen LogP contribution in [0, 0.1) is 5.92 Å². The van der Waals surface area contributed by atoms with Crippen molar-refractivity contribution in [3.05, 3.63) is 47.5 Å². The number of benzene rings is 2. The van der Waals surface area contributed by atoms with Gasteiger partial charge in [0.15, 0.2) is 0 Å². The SMILES string of the molecule is COc1ccc2c(c1)OC1(c3ccc(OC)cc3OCC(=O)[O-])CCCCC1C21CCCCC1. The summed E-state index contributed by atoms with van der Waals surface area (Å²) in [6.45, 7) is -0.517. The van der Waals surface area contributed by atoms with E-state index in [4.69, 9.17) is 18.9 Å². The minimum atomic E-state index is -1.25. The van der Waals surface area contributed by atoms with Gasteiger partial charge in [-0.05, 0) is 50.3 Å². The normalized spacial score (nSPS) is 24.9. The molecule has 3 aliphatic rings. The van der Waals surface area contributed by atoms with Crippen molar-refractivity contribution in [2.45, 2.75) is 68.8 Å². The van der Waals surface area contributed by atoms with Crippen LogP contribution in [0.15, 0.2) is 36.4 Å². The summed E-state index contributed by atoms with van der Waals surface area (Å²) in [6.07, 6.45) is 10.1. The molecular weight excluding hydrogens is 432 g/mol. The molecule has 2 atom stereocenters. The smallest absolute Gasteiger partial charge is 0.141 e. The highest BCUT2D eigenvalue weighted by Crippen LogP contribution is 2.64. The number of methoxy groups -OCH3 is 2. The van der Waals surface area contributed by atoms with Crippen molar-refractivity contribution in [2.24, 2.45) is 5.92 Å². The predicted octanol–water partition coefficient (Wildman–Crippen LogP) is 4.51. The van der Waals surface area contributed by atoms with Crippen LogP contribution >= 0.6 is 0 Å². The average molecular weight is 466 g/mol. The van der Waals surface area contributed by atoms with Crippen molar-refractivity contribution in [2.75, 3.05) is 20.8 Å². The van der Waals surface area contributed by atoms with Crippen LogP contribution in [-0.4, -0.2) is 26.8 Å². The Balaban J connectivity index is 1.71. The first-order valence-electron chi connectivity index (χ1n) is 12.4. The van der Waals surface area contributed by atoms with E-state index >= 15 is 0 Å². The second-order valence-corrected chi connectivity index (χ2v) is 9.89. The van der Waals surface area contributed by atoms with Crippen LogP contribution in [0.4, 0.5) is 0 Å². The van der Waals surface area contributed by atoms with Crippen LogP contribution in [0.1, 0.15) is 68.9 Å². The molecule has 0 radical (unpaired) electrons. The summed E-state index contributed by atoms with van der Waals surface area (Å²) in [6, 6.07) is 12.0. The molecule has 0 saturated heterocycles. The monoisotopic (exact) mass is 465 g/mol. The van der Waals surface area contributed by atoms with Crippen molar-refractivity contribution < 1.29 is 28.8 Å². The van der Waals surface area contributed by atoms with E-state index in [-0.39, 0.29) is 11.3 Å². The minimum absolute atomic E-state index is 0.0179. The summed E-state index contributed by atoms with van der Waals surface area (Å²) in [4.78, 5) is 11.3. The van der Waals surface area contributed by atoms with Gasteiger partial charge in [-0.2, -0.15) is 0 Å². The summed E-state index contributed by atoms with van der Waals surface area (Å²) in [5, 5.41) is 11.3. The van der Waals surface area contributed by atoms with Crippen LogP contribution in [0.25, 0.3) is 0 Å². The average Bonchev–Trinajstić information content (AvgIpc) is 2.87. The molecule has 6 nitrogen and oxygen atoms in total. The van der Waals surface area contributed by atoms with Gasteiger partial charge in [-0.3, -0.25) is 0 Å². The number of carbonyl (C=O) groups excluding carboxylic acids is 1. The molecule has 1 heterocycles. The third-order valence-corrected chi connectivity index (χ3v) is 8.27. The van der Waals surface area contributed by atoms with E-state index in [1.165, 1.54) is 24.8 Å². The Kier molecular flexibility index (Phi) is 6.09. The van der Waals surface area contributed by atoms with Crippen molar-refractivity contribution in [1.29, 1.82) is 0 Å². The molecule has 2 unspecified atom stereocenters. The molecule has 0 bridgehead atoms. The molecule has 2 aromatic carbocycles. The van der Waals surface area contributed by atoms with Crippen molar-refractivity contribution in [1.82, 2.24) is 0 Å². The first-order valence-corrected chi connectivity index (χ1v) is 12.4. The van der Waals surface area contributed by atoms with Crippen LogP contribution in [0.5, 0.6) is 23.0 Å². The zero-order valence-electron chi connectivity index (χ0n) is 20.1. The molecule has 5 rings (SSSR count). The number of aliphatic carboxylic acids is 1. The highest BCUT2D eigenvalue weighted by atomic mass is 16.5. The Bertz CT molecular complexity index is 1060. The standard InChI is InChI=1S/C28H34O6/c1-31-19-10-12-22(23(16-19)33-18-26(29)30)28-15-7-4-8-25(28)27(13-5-3-6-14-27)21-11-9-20(32-2)17-24(21)34-28/h9-12,16-17,25H,3-8,13-15,18H2,1-2H3,(H,29,30)/p-1. The van der Waals surface area contributed by atoms with E-state index < -0.39 is 18.2 Å². The third kappa shape index (κ3) is 3.68. The summed E-state index contributed by atoms with van der Waals surface area (Å²) < 4.78 is 23.8. The number of hydrogen-bond donors (Lipinski definition) is 0. The second-order valence-electron chi connectivity index (χ2n) is 9.89. The zero-order chi connectivity index (χ0) is 23.8. The van der Waals surface area contributed by atoms with Crippen molar-refractivity contribution in [3.63, 3.8) is 0 Å². The molecule has 2 fully saturated rings. The lowest BCUT2D eigenvalue weighted by atomic mass is 9.51. The van der Waals surface area contributed by atoms with Crippen LogP contribution < -0.4 is 24.1 Å². The lowest BCUT2D eigenvalue weighted by Gasteiger charge is -2.58. The fourth-order valence-corrected chi connectivity index (χ4v) is 6.91. The lowest BCUT2D eigenvalue weighted by Crippen LogP contribution is -2.57. The first-order chi connectivity index (χ1) is 16.5. The van der Waals surface area contributed by atoms with Gasteiger partial charge in [-0.1, -0.05) is 31.7 Å². The molecule has 6 heteroatoms. The van der Waals surface area contributed by atoms with Gasteiger partial charge < -0.3 is 28.8 Å². The molecular formula is C28H33O6-. The van der Waals surface area contributed by atoms with Gasteiger partial charge in [0.05, 0.1) is 20.2 Å². The molecule has 1 aliphatic heterocycles. The first kappa shape index (κ1) is 22.9. The molecule has 0 aromatic heterocycles. The van der Waals surface area contributed by atoms with Gasteiger partial charge in [0, 0.05) is 34.6 Å². The van der Waals surface area contributed by atoms with E-state index in [1.54, 1.807) is 20.3 Å². The van der Waals surface area contributed by atoms with Crippen LogP contribution in [0.2, 0.25) is 0 Å². The third-order valence-electron chi connectivity index (χ3n) is 8.27. The fraction of sp³-hybridized carbons (Fsp3) is 0.536. The highest BCUT2D eigenvalue weighted by Gasteiger charge is 2.59. The van der Waals surface area contributed by atoms with E-state index in [0.717, 1.165) is 55.6 Å². The van der Waals surface area contributed by atoms with E-state index in [0.29, 0.717) is 11.5 Å². The summed E-state index contributed by atoms with van der Waals surface area (Å²) in [7, 11) is 3.27. The number of carboxylic acid groups (broad SMARTS) is 1. The van der Waals surface area contributed by atoms with Crippen molar-refractivity contribution in [3.8, 4) is 23.0 Å². The van der Waals surface area contributed by atoms with E-state index in [1.807, 2.05) is 18.2 Å². The highest BCUT2D eigenvalue weighted by molar-refractivity contribution is 5.66. The number of fused-ring (bicyclic) bond motifs is 4. The maximum absolute atomic E-state index is 11.3. The number of carbonyl (C=O) groups is 1. The number of rotatable bonds is 6. The molecule has 2 saturated carbocycles. The maximum atomic E-state index is 11.3. The second kappa shape index (κ2) is 9.05.